The minimum atomic E-state index is -1.30. The van der Waals surface area contributed by atoms with Crippen LogP contribution in [0, 0.1) is 13.8 Å². The topological polar surface area (TPSA) is 70.1 Å². The minimum absolute atomic E-state index is 0.0475. The quantitative estimate of drug-likeness (QED) is 0.875. The summed E-state index contributed by atoms with van der Waals surface area (Å²) < 4.78 is 5.55. The summed E-state index contributed by atoms with van der Waals surface area (Å²) in [5.41, 5.74) is 2.87. The van der Waals surface area contributed by atoms with Crippen molar-refractivity contribution in [1.82, 2.24) is 4.90 Å². The van der Waals surface area contributed by atoms with Gasteiger partial charge in [0.1, 0.15) is 18.9 Å². The van der Waals surface area contributed by atoms with Crippen LogP contribution in [-0.2, 0) is 9.59 Å². The third-order valence-electron chi connectivity index (χ3n) is 4.65. The Labute approximate surface area is 159 Å². The summed E-state index contributed by atoms with van der Waals surface area (Å²) in [4.78, 5) is 28.0. The van der Waals surface area contributed by atoms with Crippen molar-refractivity contribution in [1.29, 1.82) is 0 Å². The summed E-state index contributed by atoms with van der Waals surface area (Å²) in [5.74, 6) is -0.0180. The van der Waals surface area contributed by atoms with Crippen molar-refractivity contribution >= 4 is 17.5 Å². The standard InChI is InChI=1S/C21H24N2O4/c1-15-7-9-17(10-8-15)23-12-11-22(13-20(23)25)21(26)18(24)14-27-19-6-4-3-5-16(19)2/h3-10,18,24H,11-14H2,1-2H3. The van der Waals surface area contributed by atoms with Crippen LogP contribution in [0.15, 0.2) is 48.5 Å². The molecule has 142 valence electrons. The molecule has 0 aliphatic carbocycles. The number of rotatable bonds is 5. The van der Waals surface area contributed by atoms with Crippen molar-refractivity contribution in [2.75, 3.05) is 31.1 Å². The van der Waals surface area contributed by atoms with Gasteiger partial charge in [-0.3, -0.25) is 9.59 Å². The molecule has 1 aliphatic rings. The number of carbonyl (C=O) groups is 2. The molecule has 1 atom stereocenters. The Balaban J connectivity index is 1.56. The van der Waals surface area contributed by atoms with Crippen molar-refractivity contribution < 1.29 is 19.4 Å². The normalized spacial score (nSPS) is 15.6. The van der Waals surface area contributed by atoms with E-state index in [0.717, 1.165) is 16.8 Å². The number of hydrogen-bond donors (Lipinski definition) is 1. The summed E-state index contributed by atoms with van der Waals surface area (Å²) in [5, 5.41) is 10.2. The lowest BCUT2D eigenvalue weighted by molar-refractivity contribution is -0.145. The van der Waals surface area contributed by atoms with E-state index >= 15 is 0 Å². The van der Waals surface area contributed by atoms with E-state index in [1.807, 2.05) is 56.3 Å². The van der Waals surface area contributed by atoms with E-state index < -0.39 is 12.0 Å². The second-order valence-corrected chi connectivity index (χ2v) is 6.73. The van der Waals surface area contributed by atoms with E-state index in [0.29, 0.717) is 18.8 Å². The predicted molar refractivity (Wildman–Crippen MR) is 103 cm³/mol. The first-order chi connectivity index (χ1) is 13.0. The first-order valence-electron chi connectivity index (χ1n) is 8.98. The van der Waals surface area contributed by atoms with E-state index in [1.165, 1.54) is 4.90 Å². The highest BCUT2D eigenvalue weighted by Gasteiger charge is 2.31. The monoisotopic (exact) mass is 368 g/mol. The number of aryl methyl sites for hydroxylation is 2. The van der Waals surface area contributed by atoms with Crippen LogP contribution in [0.3, 0.4) is 0 Å². The summed E-state index contributed by atoms with van der Waals surface area (Å²) >= 11 is 0. The Morgan fingerprint density at radius 3 is 2.48 bits per heavy atom. The number of nitrogens with zero attached hydrogens (tertiary/aromatic N) is 2. The van der Waals surface area contributed by atoms with Gasteiger partial charge < -0.3 is 19.6 Å². The Hall–Kier alpha value is -2.86. The molecule has 2 aromatic rings. The van der Waals surface area contributed by atoms with Gasteiger partial charge in [0.2, 0.25) is 5.91 Å². The number of aliphatic hydroxyl groups is 1. The maximum Gasteiger partial charge on any atom is 0.255 e. The lowest BCUT2D eigenvalue weighted by Gasteiger charge is -2.35. The lowest BCUT2D eigenvalue weighted by Crippen LogP contribution is -2.55. The first kappa shape index (κ1) is 18.9. The number of piperazine rings is 1. The van der Waals surface area contributed by atoms with E-state index in [-0.39, 0.29) is 19.1 Å². The molecular weight excluding hydrogens is 344 g/mol. The fraction of sp³-hybridized carbons (Fsp3) is 0.333. The number of aliphatic hydroxyl groups excluding tert-OH is 1. The van der Waals surface area contributed by atoms with E-state index in [9.17, 15) is 14.7 Å². The molecule has 1 unspecified atom stereocenters. The van der Waals surface area contributed by atoms with Gasteiger partial charge in [-0.05, 0) is 37.6 Å². The molecule has 0 radical (unpaired) electrons. The molecule has 0 spiro atoms. The zero-order chi connectivity index (χ0) is 19.4. The molecule has 1 saturated heterocycles. The SMILES string of the molecule is Cc1ccc(N2CCN(C(=O)C(O)COc3ccccc3C)CC2=O)cc1. The maximum atomic E-state index is 12.5. The minimum Gasteiger partial charge on any atom is -0.490 e. The molecule has 1 heterocycles. The molecule has 27 heavy (non-hydrogen) atoms. The molecule has 1 N–H and O–H groups in total. The second-order valence-electron chi connectivity index (χ2n) is 6.73. The molecule has 2 aromatic carbocycles. The molecule has 1 fully saturated rings. The molecule has 6 nitrogen and oxygen atoms in total. The van der Waals surface area contributed by atoms with Crippen LogP contribution in [0.5, 0.6) is 5.75 Å². The van der Waals surface area contributed by atoms with Crippen molar-refractivity contribution in [3.8, 4) is 5.75 Å². The zero-order valence-corrected chi connectivity index (χ0v) is 15.6. The third kappa shape index (κ3) is 4.46. The molecular formula is C21H24N2O4. The highest BCUT2D eigenvalue weighted by Crippen LogP contribution is 2.19. The molecule has 2 amide bonds. The van der Waals surface area contributed by atoms with Gasteiger partial charge in [-0.2, -0.15) is 0 Å². The largest absolute Gasteiger partial charge is 0.490 e. The Kier molecular flexibility index (Phi) is 5.76. The summed E-state index contributed by atoms with van der Waals surface area (Å²) in [6.45, 7) is 4.47. The molecule has 0 bridgehead atoms. The van der Waals surface area contributed by atoms with Crippen LogP contribution in [-0.4, -0.2) is 54.2 Å². The van der Waals surface area contributed by atoms with Crippen LogP contribution < -0.4 is 9.64 Å². The first-order valence-corrected chi connectivity index (χ1v) is 8.98. The van der Waals surface area contributed by atoms with Gasteiger partial charge in [-0.15, -0.1) is 0 Å². The van der Waals surface area contributed by atoms with Gasteiger partial charge >= 0.3 is 0 Å². The van der Waals surface area contributed by atoms with Crippen LogP contribution in [0.1, 0.15) is 11.1 Å². The van der Waals surface area contributed by atoms with Crippen LogP contribution in [0.2, 0.25) is 0 Å². The van der Waals surface area contributed by atoms with Crippen molar-refractivity contribution in [2.24, 2.45) is 0 Å². The van der Waals surface area contributed by atoms with Crippen molar-refractivity contribution in [2.45, 2.75) is 20.0 Å². The summed E-state index contributed by atoms with van der Waals surface area (Å²) in [7, 11) is 0. The Bertz CT molecular complexity index is 819. The molecule has 0 saturated carbocycles. The van der Waals surface area contributed by atoms with E-state index in [2.05, 4.69) is 0 Å². The highest BCUT2D eigenvalue weighted by molar-refractivity contribution is 5.98. The molecule has 1 aliphatic heterocycles. The fourth-order valence-corrected chi connectivity index (χ4v) is 3.03. The predicted octanol–water partition coefficient (Wildman–Crippen LogP) is 1.92. The van der Waals surface area contributed by atoms with Gasteiger partial charge in [-0.25, -0.2) is 0 Å². The summed E-state index contributed by atoms with van der Waals surface area (Å²) in [6, 6.07) is 15.1. The molecule has 6 heteroatoms. The second kappa shape index (κ2) is 8.22. The Morgan fingerprint density at radius 2 is 1.81 bits per heavy atom. The molecule has 3 rings (SSSR count). The number of benzene rings is 2. The number of hydrogen-bond acceptors (Lipinski definition) is 4. The van der Waals surface area contributed by atoms with Gasteiger partial charge in [-0.1, -0.05) is 35.9 Å². The Morgan fingerprint density at radius 1 is 1.11 bits per heavy atom. The van der Waals surface area contributed by atoms with Crippen molar-refractivity contribution in [3.63, 3.8) is 0 Å². The van der Waals surface area contributed by atoms with E-state index in [1.54, 1.807) is 11.0 Å². The van der Waals surface area contributed by atoms with E-state index in [4.69, 9.17) is 4.74 Å². The van der Waals surface area contributed by atoms with Crippen molar-refractivity contribution in [3.05, 3.63) is 59.7 Å². The molecule has 0 aromatic heterocycles. The van der Waals surface area contributed by atoms with Crippen LogP contribution >= 0.6 is 0 Å². The highest BCUT2D eigenvalue weighted by atomic mass is 16.5. The zero-order valence-electron chi connectivity index (χ0n) is 15.6. The smallest absolute Gasteiger partial charge is 0.255 e. The van der Waals surface area contributed by atoms with Gasteiger partial charge in [0.15, 0.2) is 6.10 Å². The number of carbonyl (C=O) groups excluding carboxylic acids is 2. The fourth-order valence-electron chi connectivity index (χ4n) is 3.03. The third-order valence-corrected chi connectivity index (χ3v) is 4.65. The average molecular weight is 368 g/mol. The number of amides is 2. The average Bonchev–Trinajstić information content (AvgIpc) is 2.67. The maximum absolute atomic E-state index is 12.5. The van der Waals surface area contributed by atoms with Gasteiger partial charge in [0.05, 0.1) is 0 Å². The number of anilines is 1. The van der Waals surface area contributed by atoms with Gasteiger partial charge in [0, 0.05) is 18.8 Å². The summed E-state index contributed by atoms with van der Waals surface area (Å²) in [6.07, 6.45) is -1.30. The lowest BCUT2D eigenvalue weighted by atomic mass is 10.2. The number of para-hydroxylation sites is 1. The number of ether oxygens (including phenoxy) is 1. The van der Waals surface area contributed by atoms with Gasteiger partial charge in [0.25, 0.3) is 5.91 Å². The van der Waals surface area contributed by atoms with Crippen LogP contribution in [0.25, 0.3) is 0 Å². The van der Waals surface area contributed by atoms with Crippen LogP contribution in [0.4, 0.5) is 5.69 Å².